The van der Waals surface area contributed by atoms with Crippen LogP contribution in [0.4, 0.5) is 0 Å². The molecule has 0 N–H and O–H groups in total. The number of benzene rings is 1. The van der Waals surface area contributed by atoms with Crippen LogP contribution >= 0.6 is 0 Å². The van der Waals surface area contributed by atoms with Crippen molar-refractivity contribution in [2.24, 2.45) is 0 Å². The van der Waals surface area contributed by atoms with E-state index in [4.69, 9.17) is 4.98 Å². The molecule has 0 fully saturated rings. The Kier molecular flexibility index (Phi) is 3.04. The number of hydrogen-bond donors (Lipinski definition) is 0. The third-order valence-electron chi connectivity index (χ3n) is 2.65. The average Bonchev–Trinajstić information content (AvgIpc) is 2.29. The fourth-order valence-corrected chi connectivity index (χ4v) is 1.75. The quantitative estimate of drug-likeness (QED) is 0.726. The molecule has 2 aromatic rings. The maximum absolute atomic E-state index is 4.70. The van der Waals surface area contributed by atoms with E-state index in [9.17, 15) is 0 Å². The van der Waals surface area contributed by atoms with Crippen molar-refractivity contribution in [1.82, 2.24) is 4.98 Å². The molecule has 0 saturated carbocycles. The first-order valence-corrected chi connectivity index (χ1v) is 5.71. The molecule has 0 spiro atoms. The van der Waals surface area contributed by atoms with Gasteiger partial charge in [0.25, 0.3) is 0 Å². The van der Waals surface area contributed by atoms with Gasteiger partial charge in [-0.1, -0.05) is 44.2 Å². The zero-order chi connectivity index (χ0) is 11.5. The standard InChI is InChI=1S/C15H17N/c1-11(2)14-9-12(3)10-15(16-14)13-7-5-4-6-8-13/h4-11H,1-3H3. The second-order valence-electron chi connectivity index (χ2n) is 4.48. The van der Waals surface area contributed by atoms with E-state index in [1.165, 1.54) is 16.8 Å². The molecule has 1 aromatic carbocycles. The number of rotatable bonds is 2. The first-order chi connectivity index (χ1) is 7.66. The van der Waals surface area contributed by atoms with Crippen LogP contribution in [0.2, 0.25) is 0 Å². The Morgan fingerprint density at radius 1 is 1.00 bits per heavy atom. The first kappa shape index (κ1) is 10.9. The molecule has 0 amide bonds. The lowest BCUT2D eigenvalue weighted by Gasteiger charge is -2.09. The van der Waals surface area contributed by atoms with Gasteiger partial charge in [0.2, 0.25) is 0 Å². The molecule has 0 aliphatic heterocycles. The molecule has 1 heterocycles. The molecule has 0 aliphatic rings. The lowest BCUT2D eigenvalue weighted by molar-refractivity contribution is 0.822. The van der Waals surface area contributed by atoms with Gasteiger partial charge in [-0.25, -0.2) is 0 Å². The minimum Gasteiger partial charge on any atom is -0.253 e. The Hall–Kier alpha value is -1.63. The third kappa shape index (κ3) is 2.30. The molecule has 1 heteroatoms. The van der Waals surface area contributed by atoms with Gasteiger partial charge in [-0.2, -0.15) is 0 Å². The van der Waals surface area contributed by atoms with Gasteiger partial charge >= 0.3 is 0 Å². The van der Waals surface area contributed by atoms with E-state index in [0.29, 0.717) is 5.92 Å². The second kappa shape index (κ2) is 4.48. The molecule has 2 rings (SSSR count). The first-order valence-electron chi connectivity index (χ1n) is 5.71. The zero-order valence-corrected chi connectivity index (χ0v) is 10.1. The maximum atomic E-state index is 4.70. The molecule has 0 saturated heterocycles. The van der Waals surface area contributed by atoms with Crippen LogP contribution in [0.25, 0.3) is 11.3 Å². The van der Waals surface area contributed by atoms with E-state index in [0.717, 1.165) is 5.69 Å². The summed E-state index contributed by atoms with van der Waals surface area (Å²) in [4.78, 5) is 4.70. The van der Waals surface area contributed by atoms with E-state index in [2.05, 4.69) is 45.0 Å². The highest BCUT2D eigenvalue weighted by atomic mass is 14.7. The molecular formula is C15H17N. The van der Waals surface area contributed by atoms with E-state index in [1.54, 1.807) is 0 Å². The highest BCUT2D eigenvalue weighted by Crippen LogP contribution is 2.21. The Morgan fingerprint density at radius 3 is 2.31 bits per heavy atom. The Labute approximate surface area is 97.2 Å². The van der Waals surface area contributed by atoms with Crippen LogP contribution in [0.3, 0.4) is 0 Å². The molecule has 0 bridgehead atoms. The predicted octanol–water partition coefficient (Wildman–Crippen LogP) is 4.18. The van der Waals surface area contributed by atoms with Crippen molar-refractivity contribution < 1.29 is 0 Å². The van der Waals surface area contributed by atoms with Crippen LogP contribution in [0.15, 0.2) is 42.5 Å². The summed E-state index contributed by atoms with van der Waals surface area (Å²) in [5, 5.41) is 0. The van der Waals surface area contributed by atoms with E-state index in [1.807, 2.05) is 18.2 Å². The number of hydrogen-bond acceptors (Lipinski definition) is 1. The van der Waals surface area contributed by atoms with Crippen molar-refractivity contribution >= 4 is 0 Å². The highest BCUT2D eigenvalue weighted by Gasteiger charge is 2.05. The predicted molar refractivity (Wildman–Crippen MR) is 68.5 cm³/mol. The molecule has 0 unspecified atom stereocenters. The summed E-state index contributed by atoms with van der Waals surface area (Å²) in [5.74, 6) is 0.474. The zero-order valence-electron chi connectivity index (χ0n) is 10.1. The van der Waals surface area contributed by atoms with Gasteiger partial charge < -0.3 is 0 Å². The van der Waals surface area contributed by atoms with Gasteiger partial charge in [-0.15, -0.1) is 0 Å². The number of pyridine rings is 1. The van der Waals surface area contributed by atoms with Gasteiger partial charge in [0.05, 0.1) is 5.69 Å². The molecular weight excluding hydrogens is 194 g/mol. The Morgan fingerprint density at radius 2 is 1.69 bits per heavy atom. The van der Waals surface area contributed by atoms with Gasteiger partial charge in [0, 0.05) is 11.3 Å². The second-order valence-corrected chi connectivity index (χ2v) is 4.48. The molecule has 82 valence electrons. The summed E-state index contributed by atoms with van der Waals surface area (Å²) in [6, 6.07) is 14.6. The molecule has 1 aromatic heterocycles. The summed E-state index contributed by atoms with van der Waals surface area (Å²) >= 11 is 0. The van der Waals surface area contributed by atoms with Gasteiger partial charge in [-0.3, -0.25) is 4.98 Å². The van der Waals surface area contributed by atoms with E-state index < -0.39 is 0 Å². The number of nitrogens with zero attached hydrogens (tertiary/aromatic N) is 1. The number of aryl methyl sites for hydroxylation is 1. The lowest BCUT2D eigenvalue weighted by Crippen LogP contribution is -1.95. The minimum atomic E-state index is 0.474. The van der Waals surface area contributed by atoms with E-state index in [-0.39, 0.29) is 0 Å². The van der Waals surface area contributed by atoms with Crippen LogP contribution in [-0.4, -0.2) is 4.98 Å². The van der Waals surface area contributed by atoms with Crippen molar-refractivity contribution in [1.29, 1.82) is 0 Å². The summed E-state index contributed by atoms with van der Waals surface area (Å²) in [7, 11) is 0. The van der Waals surface area contributed by atoms with Crippen LogP contribution in [0.1, 0.15) is 31.0 Å². The van der Waals surface area contributed by atoms with Crippen LogP contribution in [0.5, 0.6) is 0 Å². The van der Waals surface area contributed by atoms with Crippen LogP contribution in [-0.2, 0) is 0 Å². The fraction of sp³-hybridized carbons (Fsp3) is 0.267. The molecule has 0 atom stereocenters. The normalized spacial score (nSPS) is 10.8. The fourth-order valence-electron chi connectivity index (χ4n) is 1.75. The Balaban J connectivity index is 2.50. The average molecular weight is 211 g/mol. The number of aromatic nitrogens is 1. The van der Waals surface area contributed by atoms with Crippen molar-refractivity contribution in [3.63, 3.8) is 0 Å². The summed E-state index contributed by atoms with van der Waals surface area (Å²) < 4.78 is 0. The van der Waals surface area contributed by atoms with E-state index >= 15 is 0 Å². The molecule has 1 nitrogen and oxygen atoms in total. The molecule has 0 radical (unpaired) electrons. The monoisotopic (exact) mass is 211 g/mol. The summed E-state index contributed by atoms with van der Waals surface area (Å²) in [6.07, 6.45) is 0. The third-order valence-corrected chi connectivity index (χ3v) is 2.65. The van der Waals surface area contributed by atoms with Crippen LogP contribution in [0, 0.1) is 6.92 Å². The smallest absolute Gasteiger partial charge is 0.0708 e. The van der Waals surface area contributed by atoms with Crippen LogP contribution < -0.4 is 0 Å². The molecule has 16 heavy (non-hydrogen) atoms. The van der Waals surface area contributed by atoms with Gasteiger partial charge in [-0.05, 0) is 30.5 Å². The Bertz CT molecular complexity index is 472. The summed E-state index contributed by atoms with van der Waals surface area (Å²) in [5.41, 5.74) is 4.70. The van der Waals surface area contributed by atoms with Gasteiger partial charge in [0.1, 0.15) is 0 Å². The SMILES string of the molecule is Cc1cc(-c2ccccc2)nc(C(C)C)c1. The largest absolute Gasteiger partial charge is 0.253 e. The van der Waals surface area contributed by atoms with Crippen molar-refractivity contribution in [2.75, 3.05) is 0 Å². The highest BCUT2D eigenvalue weighted by molar-refractivity contribution is 5.59. The van der Waals surface area contributed by atoms with Crippen molar-refractivity contribution in [2.45, 2.75) is 26.7 Å². The lowest BCUT2D eigenvalue weighted by atomic mass is 10.0. The van der Waals surface area contributed by atoms with Crippen molar-refractivity contribution in [3.05, 3.63) is 53.7 Å². The van der Waals surface area contributed by atoms with Crippen molar-refractivity contribution in [3.8, 4) is 11.3 Å². The summed E-state index contributed by atoms with van der Waals surface area (Å²) in [6.45, 7) is 6.48. The minimum absolute atomic E-state index is 0.474. The maximum Gasteiger partial charge on any atom is 0.0708 e. The van der Waals surface area contributed by atoms with Gasteiger partial charge in [0.15, 0.2) is 0 Å². The topological polar surface area (TPSA) is 12.9 Å². The molecule has 0 aliphatic carbocycles.